The Bertz CT molecular complexity index is 1010. The predicted octanol–water partition coefficient (Wildman–Crippen LogP) is 3.24. The van der Waals surface area contributed by atoms with Crippen molar-refractivity contribution in [1.29, 1.82) is 0 Å². The SMILES string of the molecule is O=C(CCc1csc(Nc2ncccc2OCc2ccccc2)n1)NCCN1CCOCC1. The summed E-state index contributed by atoms with van der Waals surface area (Å²) in [5, 5.41) is 8.93. The van der Waals surface area contributed by atoms with Crippen molar-refractivity contribution in [2.24, 2.45) is 0 Å². The van der Waals surface area contributed by atoms with Gasteiger partial charge in [-0.15, -0.1) is 11.3 Å². The molecule has 174 valence electrons. The first-order valence-corrected chi connectivity index (χ1v) is 12.0. The highest BCUT2D eigenvalue weighted by atomic mass is 32.1. The molecule has 3 heterocycles. The molecule has 0 bridgehead atoms. The summed E-state index contributed by atoms with van der Waals surface area (Å²) < 4.78 is 11.3. The molecule has 2 N–H and O–H groups in total. The van der Waals surface area contributed by atoms with Gasteiger partial charge in [-0.1, -0.05) is 30.3 Å². The van der Waals surface area contributed by atoms with Gasteiger partial charge in [0.2, 0.25) is 5.91 Å². The Morgan fingerprint density at radius 3 is 2.85 bits per heavy atom. The van der Waals surface area contributed by atoms with Gasteiger partial charge in [-0.2, -0.15) is 0 Å². The van der Waals surface area contributed by atoms with E-state index in [0.717, 1.165) is 49.2 Å². The maximum absolute atomic E-state index is 12.2. The summed E-state index contributed by atoms with van der Waals surface area (Å²) in [5.41, 5.74) is 1.97. The quantitative estimate of drug-likeness (QED) is 0.448. The van der Waals surface area contributed by atoms with Crippen molar-refractivity contribution in [2.45, 2.75) is 19.4 Å². The van der Waals surface area contributed by atoms with Crippen LogP contribution in [0.3, 0.4) is 0 Å². The Balaban J connectivity index is 1.22. The lowest BCUT2D eigenvalue weighted by Crippen LogP contribution is -2.41. The zero-order chi connectivity index (χ0) is 22.7. The number of carbonyl (C=O) groups is 1. The minimum Gasteiger partial charge on any atom is -0.485 e. The van der Waals surface area contributed by atoms with Gasteiger partial charge in [-0.25, -0.2) is 9.97 Å². The number of morpholine rings is 1. The maximum Gasteiger partial charge on any atom is 0.220 e. The summed E-state index contributed by atoms with van der Waals surface area (Å²) in [6.45, 7) is 5.39. The van der Waals surface area contributed by atoms with Crippen LogP contribution in [0.5, 0.6) is 5.75 Å². The first-order chi connectivity index (χ1) is 16.3. The van der Waals surface area contributed by atoms with Crippen molar-refractivity contribution in [3.8, 4) is 5.75 Å². The molecule has 3 aromatic rings. The van der Waals surface area contributed by atoms with Crippen LogP contribution >= 0.6 is 11.3 Å². The number of nitrogens with one attached hydrogen (secondary N) is 2. The number of aromatic nitrogens is 2. The summed E-state index contributed by atoms with van der Waals surface area (Å²) >= 11 is 1.49. The third kappa shape index (κ3) is 7.52. The average Bonchev–Trinajstić information content (AvgIpc) is 3.31. The third-order valence-electron chi connectivity index (χ3n) is 5.25. The molecular formula is C24H29N5O3S. The van der Waals surface area contributed by atoms with E-state index in [1.54, 1.807) is 6.20 Å². The fraction of sp³-hybridized carbons (Fsp3) is 0.375. The van der Waals surface area contributed by atoms with E-state index in [9.17, 15) is 4.79 Å². The summed E-state index contributed by atoms with van der Waals surface area (Å²) in [6.07, 6.45) is 2.73. The summed E-state index contributed by atoms with van der Waals surface area (Å²) in [4.78, 5) is 23.5. The smallest absolute Gasteiger partial charge is 0.220 e. The molecule has 1 aliphatic heterocycles. The standard InChI is InChI=1S/C24H29N5O3S/c30-22(25-11-12-29-13-15-31-16-14-29)9-8-20-18-33-24(27-20)28-23-21(7-4-10-26-23)32-17-19-5-2-1-3-6-19/h1-7,10,18H,8-9,11-17H2,(H,25,30)(H,26,27,28). The van der Waals surface area contributed by atoms with Gasteiger partial charge in [0, 0.05) is 44.2 Å². The Morgan fingerprint density at radius 2 is 2.00 bits per heavy atom. The number of anilines is 2. The van der Waals surface area contributed by atoms with Crippen molar-refractivity contribution in [1.82, 2.24) is 20.2 Å². The van der Waals surface area contributed by atoms with Gasteiger partial charge in [0.15, 0.2) is 16.7 Å². The molecule has 0 aliphatic carbocycles. The molecule has 1 amide bonds. The molecule has 0 atom stereocenters. The number of hydrogen-bond donors (Lipinski definition) is 2. The molecule has 0 unspecified atom stereocenters. The number of rotatable bonds is 11. The number of nitrogens with zero attached hydrogens (tertiary/aromatic N) is 3. The van der Waals surface area contributed by atoms with Crippen LogP contribution in [0.25, 0.3) is 0 Å². The largest absolute Gasteiger partial charge is 0.485 e. The summed E-state index contributed by atoms with van der Waals surface area (Å²) in [6, 6.07) is 13.7. The lowest BCUT2D eigenvalue weighted by molar-refractivity contribution is -0.121. The van der Waals surface area contributed by atoms with E-state index in [1.807, 2.05) is 47.8 Å². The topological polar surface area (TPSA) is 88.6 Å². The number of carbonyl (C=O) groups excluding carboxylic acids is 1. The average molecular weight is 468 g/mol. The van der Waals surface area contributed by atoms with Crippen molar-refractivity contribution in [3.05, 3.63) is 65.3 Å². The normalized spacial score (nSPS) is 14.1. The molecule has 0 radical (unpaired) electrons. The molecule has 0 spiro atoms. The van der Waals surface area contributed by atoms with Crippen molar-refractivity contribution in [3.63, 3.8) is 0 Å². The molecule has 1 aromatic carbocycles. The van der Waals surface area contributed by atoms with Crippen LogP contribution in [0.2, 0.25) is 0 Å². The van der Waals surface area contributed by atoms with E-state index >= 15 is 0 Å². The van der Waals surface area contributed by atoms with E-state index in [-0.39, 0.29) is 5.91 Å². The second-order valence-corrected chi connectivity index (χ2v) is 8.56. The van der Waals surface area contributed by atoms with E-state index in [1.165, 1.54) is 11.3 Å². The number of aryl methyl sites for hydroxylation is 1. The molecule has 0 saturated carbocycles. The molecular weight excluding hydrogens is 438 g/mol. The van der Waals surface area contributed by atoms with Crippen molar-refractivity contribution >= 4 is 28.2 Å². The van der Waals surface area contributed by atoms with Crippen LogP contribution in [-0.2, 0) is 22.6 Å². The minimum atomic E-state index is 0.0482. The van der Waals surface area contributed by atoms with Gasteiger partial charge < -0.3 is 20.1 Å². The number of pyridine rings is 1. The van der Waals surface area contributed by atoms with E-state index in [0.29, 0.717) is 37.6 Å². The van der Waals surface area contributed by atoms with Crippen LogP contribution < -0.4 is 15.4 Å². The number of thiazole rings is 1. The van der Waals surface area contributed by atoms with Gasteiger partial charge in [0.1, 0.15) is 6.61 Å². The van der Waals surface area contributed by atoms with Gasteiger partial charge in [0.05, 0.1) is 18.9 Å². The van der Waals surface area contributed by atoms with Crippen molar-refractivity contribution < 1.29 is 14.3 Å². The van der Waals surface area contributed by atoms with Crippen LogP contribution in [0.15, 0.2) is 54.0 Å². The Morgan fingerprint density at radius 1 is 1.15 bits per heavy atom. The maximum atomic E-state index is 12.2. The Hall–Kier alpha value is -3.01. The van der Waals surface area contributed by atoms with Crippen LogP contribution in [0.4, 0.5) is 10.9 Å². The molecule has 2 aromatic heterocycles. The van der Waals surface area contributed by atoms with E-state index in [4.69, 9.17) is 9.47 Å². The van der Waals surface area contributed by atoms with Crippen LogP contribution in [0, 0.1) is 0 Å². The lowest BCUT2D eigenvalue weighted by atomic mass is 10.2. The number of amides is 1. The van der Waals surface area contributed by atoms with Gasteiger partial charge in [-0.05, 0) is 24.1 Å². The fourth-order valence-corrected chi connectivity index (χ4v) is 4.17. The Labute approximate surface area is 198 Å². The van der Waals surface area contributed by atoms with Gasteiger partial charge in [0.25, 0.3) is 0 Å². The zero-order valence-electron chi connectivity index (χ0n) is 18.5. The number of ether oxygens (including phenoxy) is 2. The van der Waals surface area contributed by atoms with E-state index in [2.05, 4.69) is 25.5 Å². The third-order valence-corrected chi connectivity index (χ3v) is 6.05. The highest BCUT2D eigenvalue weighted by Crippen LogP contribution is 2.27. The van der Waals surface area contributed by atoms with Crippen molar-refractivity contribution in [2.75, 3.05) is 44.7 Å². The fourth-order valence-electron chi connectivity index (χ4n) is 3.42. The van der Waals surface area contributed by atoms with Crippen LogP contribution in [0.1, 0.15) is 17.7 Å². The lowest BCUT2D eigenvalue weighted by Gasteiger charge is -2.26. The summed E-state index contributed by atoms with van der Waals surface area (Å²) in [5.74, 6) is 1.33. The number of benzene rings is 1. The predicted molar refractivity (Wildman–Crippen MR) is 129 cm³/mol. The molecule has 1 saturated heterocycles. The van der Waals surface area contributed by atoms with Gasteiger partial charge >= 0.3 is 0 Å². The second-order valence-electron chi connectivity index (χ2n) is 7.70. The van der Waals surface area contributed by atoms with Gasteiger partial charge in [-0.3, -0.25) is 9.69 Å². The second kappa shape index (κ2) is 12.3. The number of hydrogen-bond acceptors (Lipinski definition) is 8. The Kier molecular flexibility index (Phi) is 8.62. The highest BCUT2D eigenvalue weighted by Gasteiger charge is 2.12. The highest BCUT2D eigenvalue weighted by molar-refractivity contribution is 7.13. The molecule has 9 heteroatoms. The first-order valence-electron chi connectivity index (χ1n) is 11.2. The molecule has 4 rings (SSSR count). The first kappa shape index (κ1) is 23.2. The van der Waals surface area contributed by atoms with E-state index < -0.39 is 0 Å². The molecule has 1 aliphatic rings. The molecule has 1 fully saturated rings. The molecule has 33 heavy (non-hydrogen) atoms. The zero-order valence-corrected chi connectivity index (χ0v) is 19.4. The monoisotopic (exact) mass is 467 g/mol. The minimum absolute atomic E-state index is 0.0482. The van der Waals surface area contributed by atoms with Crippen LogP contribution in [-0.4, -0.2) is 60.2 Å². The molecule has 8 nitrogen and oxygen atoms in total. The summed E-state index contributed by atoms with van der Waals surface area (Å²) in [7, 11) is 0.